The molecule has 3 aromatic carbocycles. The van der Waals surface area contributed by atoms with Crippen molar-refractivity contribution in [1.82, 2.24) is 39.0 Å². The molecule has 15 heteroatoms. The quantitative estimate of drug-likeness (QED) is 0.204. The van der Waals surface area contributed by atoms with Crippen molar-refractivity contribution in [3.8, 4) is 28.5 Å². The minimum absolute atomic E-state index is 0.128. The lowest BCUT2D eigenvalue weighted by Crippen LogP contribution is -2.06. The van der Waals surface area contributed by atoms with Crippen molar-refractivity contribution in [2.45, 2.75) is 18.9 Å². The summed E-state index contributed by atoms with van der Waals surface area (Å²) in [6.45, 7) is 3.55. The number of sulfone groups is 1. The molecule has 0 amide bonds. The Hall–Kier alpha value is -5.83. The lowest BCUT2D eigenvalue weighted by molar-refractivity contribution is 0.417. The van der Waals surface area contributed by atoms with E-state index in [2.05, 4.69) is 35.2 Å². The summed E-state index contributed by atoms with van der Waals surface area (Å²) in [5, 5.41) is 3.17. The Morgan fingerprint density at radius 3 is 1.82 bits per heavy atom. The van der Waals surface area contributed by atoms with E-state index in [9.17, 15) is 17.2 Å². The summed E-state index contributed by atoms with van der Waals surface area (Å²) in [6.07, 6.45) is 4.24. The van der Waals surface area contributed by atoms with Crippen LogP contribution in [-0.4, -0.2) is 60.8 Å². The molecule has 7 rings (SSSR count). The van der Waals surface area contributed by atoms with Gasteiger partial charge < -0.3 is 19.2 Å². The van der Waals surface area contributed by atoms with Crippen LogP contribution in [0.15, 0.2) is 78.3 Å². The average molecular weight is 684 g/mol. The molecule has 0 unspecified atom stereocenters. The van der Waals surface area contributed by atoms with Crippen LogP contribution in [-0.2, 0) is 23.9 Å². The van der Waals surface area contributed by atoms with Crippen LogP contribution >= 0.6 is 0 Å². The number of aryl methyl sites for hydroxylation is 4. The van der Waals surface area contributed by atoms with E-state index in [0.717, 1.165) is 23.1 Å². The van der Waals surface area contributed by atoms with Crippen molar-refractivity contribution in [1.29, 1.82) is 0 Å². The molecule has 0 saturated carbocycles. The molecule has 0 spiro atoms. The molecular weight excluding hydrogens is 652 g/mol. The molecular formula is C34H31F2N9O3S. The van der Waals surface area contributed by atoms with E-state index in [4.69, 9.17) is 4.74 Å². The highest BCUT2D eigenvalue weighted by atomic mass is 32.2. The standard InChI is InChI=1S/C20H18FN5O.C14H13FN4O2S/c1-12-10-13(21)8-9-14(12)18-24-19(17-20(25-18)26(2)11-22-17)23-15-6-4-5-7-16(15)27-3;1-8-6-9(15)4-5-10(8)12-17-13-11(16-7-19(13)2)14(18-12)22(3,20)21/h4-11H,1-3H3,(H,23,24,25);4-7H,1-3H3. The molecule has 0 radical (unpaired) electrons. The van der Waals surface area contributed by atoms with E-state index in [1.807, 2.05) is 42.8 Å². The van der Waals surface area contributed by atoms with Gasteiger partial charge in [0.05, 0.1) is 25.5 Å². The number of anilines is 2. The van der Waals surface area contributed by atoms with Crippen LogP contribution in [0, 0.1) is 25.5 Å². The normalized spacial score (nSPS) is 11.4. The first-order chi connectivity index (χ1) is 23.3. The molecule has 0 fully saturated rings. The number of aromatic nitrogens is 8. The van der Waals surface area contributed by atoms with Crippen molar-refractivity contribution in [3.63, 3.8) is 0 Å². The topological polar surface area (TPSA) is 143 Å². The van der Waals surface area contributed by atoms with Gasteiger partial charge in [0, 0.05) is 31.5 Å². The maximum atomic E-state index is 13.5. The van der Waals surface area contributed by atoms with Gasteiger partial charge in [-0.2, -0.15) is 0 Å². The molecule has 4 aromatic heterocycles. The van der Waals surface area contributed by atoms with E-state index in [0.29, 0.717) is 45.3 Å². The average Bonchev–Trinajstić information content (AvgIpc) is 3.62. The molecule has 0 aliphatic heterocycles. The summed E-state index contributed by atoms with van der Waals surface area (Å²) < 4.78 is 59.6. The monoisotopic (exact) mass is 683 g/mol. The summed E-state index contributed by atoms with van der Waals surface area (Å²) in [5.41, 5.74) is 5.47. The lowest BCUT2D eigenvalue weighted by atomic mass is 10.1. The van der Waals surface area contributed by atoms with Crippen molar-refractivity contribution >= 4 is 43.7 Å². The van der Waals surface area contributed by atoms with Gasteiger partial charge in [-0.25, -0.2) is 47.1 Å². The first-order valence-corrected chi connectivity index (χ1v) is 16.7. The van der Waals surface area contributed by atoms with Gasteiger partial charge in [0.15, 0.2) is 49.1 Å². The number of imidazole rings is 2. The summed E-state index contributed by atoms with van der Waals surface area (Å²) in [6, 6.07) is 16.3. The third-order valence-electron chi connectivity index (χ3n) is 7.66. The van der Waals surface area contributed by atoms with Crippen LogP contribution in [0.25, 0.3) is 45.1 Å². The van der Waals surface area contributed by atoms with Gasteiger partial charge in [0.2, 0.25) is 0 Å². The van der Waals surface area contributed by atoms with Gasteiger partial charge in [-0.1, -0.05) is 12.1 Å². The molecule has 0 bridgehead atoms. The number of rotatable bonds is 6. The van der Waals surface area contributed by atoms with E-state index in [1.165, 1.54) is 36.7 Å². The highest BCUT2D eigenvalue weighted by Gasteiger charge is 2.21. The largest absolute Gasteiger partial charge is 0.495 e. The smallest absolute Gasteiger partial charge is 0.195 e. The van der Waals surface area contributed by atoms with Gasteiger partial charge in [0.25, 0.3) is 0 Å². The zero-order valence-electron chi connectivity index (χ0n) is 27.4. The number of ether oxygens (including phenoxy) is 1. The fourth-order valence-corrected chi connectivity index (χ4v) is 5.95. The first-order valence-electron chi connectivity index (χ1n) is 14.8. The van der Waals surface area contributed by atoms with Gasteiger partial charge in [-0.05, 0) is 73.5 Å². The van der Waals surface area contributed by atoms with Crippen LogP contribution in [0.5, 0.6) is 5.75 Å². The van der Waals surface area contributed by atoms with Crippen molar-refractivity contribution in [2.75, 3.05) is 18.7 Å². The molecule has 0 atom stereocenters. The second-order valence-electron chi connectivity index (χ2n) is 11.3. The summed E-state index contributed by atoms with van der Waals surface area (Å²) in [5.74, 6) is 1.33. The maximum Gasteiger partial charge on any atom is 0.195 e. The Labute approximate surface area is 280 Å². The number of benzene rings is 3. The highest BCUT2D eigenvalue weighted by molar-refractivity contribution is 7.90. The van der Waals surface area contributed by atoms with Crippen LogP contribution in [0.2, 0.25) is 0 Å². The minimum Gasteiger partial charge on any atom is -0.495 e. The minimum atomic E-state index is -3.57. The number of halogens is 2. The Morgan fingerprint density at radius 1 is 0.735 bits per heavy atom. The lowest BCUT2D eigenvalue weighted by Gasteiger charge is -2.12. The zero-order chi connectivity index (χ0) is 35.0. The van der Waals surface area contributed by atoms with Crippen molar-refractivity contribution in [2.24, 2.45) is 14.1 Å². The molecule has 0 saturated heterocycles. The molecule has 12 nitrogen and oxygen atoms in total. The van der Waals surface area contributed by atoms with E-state index in [-0.39, 0.29) is 28.0 Å². The van der Waals surface area contributed by atoms with Crippen LogP contribution < -0.4 is 10.1 Å². The Kier molecular flexibility index (Phi) is 8.77. The first kappa shape index (κ1) is 33.1. The molecule has 0 aliphatic carbocycles. The predicted octanol–water partition coefficient (Wildman–Crippen LogP) is 6.11. The Balaban J connectivity index is 0.000000174. The van der Waals surface area contributed by atoms with Crippen LogP contribution in [0.1, 0.15) is 11.1 Å². The Morgan fingerprint density at radius 2 is 1.27 bits per heavy atom. The fourth-order valence-electron chi connectivity index (χ4n) is 5.21. The van der Waals surface area contributed by atoms with Gasteiger partial charge in [0.1, 0.15) is 22.9 Å². The van der Waals surface area contributed by atoms with E-state index < -0.39 is 9.84 Å². The Bertz CT molecular complexity index is 2480. The molecule has 1 N–H and O–H groups in total. The third kappa shape index (κ3) is 6.65. The number of nitrogens with one attached hydrogen (secondary N) is 1. The maximum absolute atomic E-state index is 13.5. The summed E-state index contributed by atoms with van der Waals surface area (Å²) in [4.78, 5) is 26.3. The fraction of sp³-hybridized carbons (Fsp3) is 0.176. The molecule has 250 valence electrons. The van der Waals surface area contributed by atoms with Crippen LogP contribution in [0.4, 0.5) is 20.3 Å². The zero-order valence-corrected chi connectivity index (χ0v) is 28.2. The highest BCUT2D eigenvalue weighted by Crippen LogP contribution is 2.32. The van der Waals surface area contributed by atoms with Crippen molar-refractivity contribution < 1.29 is 21.9 Å². The number of hydrogen-bond donors (Lipinski definition) is 1. The van der Waals surface area contributed by atoms with Crippen molar-refractivity contribution in [3.05, 3.63) is 96.1 Å². The molecule has 49 heavy (non-hydrogen) atoms. The molecule has 4 heterocycles. The van der Waals surface area contributed by atoms with E-state index >= 15 is 0 Å². The summed E-state index contributed by atoms with van der Waals surface area (Å²) in [7, 11) is 1.64. The SMILES string of the molecule is COc1ccccc1Nc1nc(-c2ccc(F)cc2C)nc2c1ncn2C.Cc1cc(F)ccc1-c1nc(S(C)(=O)=O)c2ncn(C)c2n1. The third-order valence-corrected chi connectivity index (χ3v) is 8.64. The van der Waals surface area contributed by atoms with E-state index in [1.54, 1.807) is 38.0 Å². The number of para-hydroxylation sites is 2. The molecule has 0 aliphatic rings. The molecule has 7 aromatic rings. The predicted molar refractivity (Wildman–Crippen MR) is 182 cm³/mol. The number of fused-ring (bicyclic) bond motifs is 2. The second kappa shape index (κ2) is 13.0. The van der Waals surface area contributed by atoms with Gasteiger partial charge in [-0.3, -0.25) is 0 Å². The number of hydrogen-bond acceptors (Lipinski definition) is 10. The summed E-state index contributed by atoms with van der Waals surface area (Å²) >= 11 is 0. The number of nitrogens with zero attached hydrogens (tertiary/aromatic N) is 8. The number of methoxy groups -OCH3 is 1. The van der Waals surface area contributed by atoms with Crippen LogP contribution in [0.3, 0.4) is 0 Å². The second-order valence-corrected chi connectivity index (χ2v) is 13.3. The van der Waals surface area contributed by atoms with Gasteiger partial charge >= 0.3 is 0 Å². The van der Waals surface area contributed by atoms with Gasteiger partial charge in [-0.15, -0.1) is 0 Å².